The molecule has 0 aromatic rings. The van der Waals surface area contributed by atoms with Gasteiger partial charge in [-0.05, 0) is 20.8 Å². The maximum Gasteiger partial charge on any atom is 0.334 e. The third kappa shape index (κ3) is 3.02. The second-order valence-corrected chi connectivity index (χ2v) is 7.22. The Morgan fingerprint density at radius 3 is 2.67 bits per heavy atom. The lowest BCUT2D eigenvalue weighted by atomic mass is 9.80. The quantitative estimate of drug-likeness (QED) is 0.578. The van der Waals surface area contributed by atoms with Gasteiger partial charge in [-0.3, -0.25) is 4.79 Å². The lowest BCUT2D eigenvalue weighted by molar-refractivity contribution is -0.155. The van der Waals surface area contributed by atoms with Crippen LogP contribution < -0.4 is 0 Å². The Labute approximate surface area is 157 Å². The first-order chi connectivity index (χ1) is 12.6. The molecule has 1 N–H and O–H groups in total. The van der Waals surface area contributed by atoms with Gasteiger partial charge in [-0.2, -0.15) is 0 Å². The number of aliphatic hydroxyl groups excluding tert-OH is 1. The van der Waals surface area contributed by atoms with Gasteiger partial charge in [-0.15, -0.1) is 0 Å². The first kappa shape index (κ1) is 19.1. The Morgan fingerprint density at radius 1 is 1.37 bits per heavy atom. The van der Waals surface area contributed by atoms with E-state index in [1.165, 1.54) is 6.08 Å². The molecule has 0 aromatic heterocycles. The highest BCUT2D eigenvalue weighted by atomic mass is 16.6. The van der Waals surface area contributed by atoms with Gasteiger partial charge in [0.2, 0.25) is 5.78 Å². The molecule has 27 heavy (non-hydrogen) atoms. The molecule has 0 radical (unpaired) electrons. The SMILES string of the molecule is C=C1C(=O)O[C@H]2C[C@@]3(C)OC(=CC3=O)C(=C)[C@H](O)[C@@H](OC(=O)/C(C)=C\C)[C@H]12. The van der Waals surface area contributed by atoms with Gasteiger partial charge in [0.05, 0.1) is 5.92 Å². The summed E-state index contributed by atoms with van der Waals surface area (Å²) in [6.07, 6.45) is -0.528. The molecule has 7 heteroatoms. The Morgan fingerprint density at radius 2 is 2.04 bits per heavy atom. The summed E-state index contributed by atoms with van der Waals surface area (Å²) in [5.41, 5.74) is -0.746. The van der Waals surface area contributed by atoms with Gasteiger partial charge >= 0.3 is 11.9 Å². The molecule has 3 rings (SSSR count). The van der Waals surface area contributed by atoms with E-state index in [1.807, 2.05) is 0 Å². The zero-order chi connectivity index (χ0) is 20.1. The zero-order valence-corrected chi connectivity index (χ0v) is 15.5. The van der Waals surface area contributed by atoms with Gasteiger partial charge in [0, 0.05) is 29.2 Å². The van der Waals surface area contributed by atoms with Crippen LogP contribution in [0, 0.1) is 5.92 Å². The second-order valence-electron chi connectivity index (χ2n) is 7.22. The molecule has 3 aliphatic rings. The number of hydrogen-bond donors (Lipinski definition) is 1. The monoisotopic (exact) mass is 374 g/mol. The molecule has 3 aliphatic heterocycles. The summed E-state index contributed by atoms with van der Waals surface area (Å²) in [5.74, 6) is -2.30. The molecular formula is C20H22O7. The van der Waals surface area contributed by atoms with Gasteiger partial charge < -0.3 is 19.3 Å². The Kier molecular flexibility index (Phi) is 4.59. The summed E-state index contributed by atoms with van der Waals surface area (Å²) >= 11 is 0. The molecule has 2 saturated heterocycles. The number of fused-ring (bicyclic) bond motifs is 3. The number of rotatable bonds is 2. The van der Waals surface area contributed by atoms with Crippen LogP contribution in [0.3, 0.4) is 0 Å². The van der Waals surface area contributed by atoms with Crippen molar-refractivity contribution in [1.82, 2.24) is 0 Å². The smallest absolute Gasteiger partial charge is 0.334 e. The van der Waals surface area contributed by atoms with Crippen LogP contribution in [0.15, 0.2) is 47.8 Å². The molecule has 144 valence electrons. The third-order valence-corrected chi connectivity index (χ3v) is 5.37. The normalized spacial score (nSPS) is 36.1. The number of hydrogen-bond acceptors (Lipinski definition) is 7. The predicted octanol–water partition coefficient (Wildman–Crippen LogP) is 1.52. The van der Waals surface area contributed by atoms with Crippen LogP contribution in [-0.2, 0) is 28.6 Å². The third-order valence-electron chi connectivity index (χ3n) is 5.37. The number of carbonyl (C=O) groups is 3. The van der Waals surface area contributed by atoms with Gasteiger partial charge in [0.1, 0.15) is 24.1 Å². The number of esters is 2. The largest absolute Gasteiger partial charge is 0.479 e. The predicted molar refractivity (Wildman–Crippen MR) is 94.2 cm³/mol. The molecule has 2 fully saturated rings. The van der Waals surface area contributed by atoms with E-state index in [0.717, 1.165) is 0 Å². The molecule has 0 spiro atoms. The molecular weight excluding hydrogens is 352 g/mol. The average molecular weight is 374 g/mol. The van der Waals surface area contributed by atoms with Crippen molar-refractivity contribution in [3.63, 3.8) is 0 Å². The highest BCUT2D eigenvalue weighted by Crippen LogP contribution is 2.44. The minimum atomic E-state index is -1.41. The van der Waals surface area contributed by atoms with E-state index >= 15 is 0 Å². The summed E-state index contributed by atoms with van der Waals surface area (Å²) in [5, 5.41) is 10.9. The first-order valence-corrected chi connectivity index (χ1v) is 8.65. The molecule has 0 saturated carbocycles. The van der Waals surface area contributed by atoms with Crippen LogP contribution in [0.25, 0.3) is 0 Å². The maximum absolute atomic E-state index is 12.4. The fraction of sp³-hybridized carbons (Fsp3) is 0.450. The van der Waals surface area contributed by atoms with Gasteiger partial charge in [-0.25, -0.2) is 9.59 Å². The number of carbonyl (C=O) groups excluding carboxylic acids is 3. The highest BCUT2D eigenvalue weighted by molar-refractivity contribution is 6.00. The van der Waals surface area contributed by atoms with Gasteiger partial charge in [-0.1, -0.05) is 19.2 Å². The van der Waals surface area contributed by atoms with Crippen molar-refractivity contribution < 1.29 is 33.7 Å². The minimum absolute atomic E-state index is 0.0396. The zero-order valence-electron chi connectivity index (χ0n) is 15.5. The molecule has 2 bridgehead atoms. The van der Waals surface area contributed by atoms with E-state index < -0.39 is 41.8 Å². The van der Waals surface area contributed by atoms with E-state index in [1.54, 1.807) is 26.8 Å². The molecule has 5 atom stereocenters. The summed E-state index contributed by atoms with van der Waals surface area (Å²) in [4.78, 5) is 36.9. The summed E-state index contributed by atoms with van der Waals surface area (Å²) in [6.45, 7) is 12.4. The summed E-state index contributed by atoms with van der Waals surface area (Å²) in [7, 11) is 0. The van der Waals surface area contributed by atoms with E-state index in [-0.39, 0.29) is 29.1 Å². The highest BCUT2D eigenvalue weighted by Gasteiger charge is 2.55. The van der Waals surface area contributed by atoms with Crippen molar-refractivity contribution in [1.29, 1.82) is 0 Å². The second kappa shape index (κ2) is 6.49. The van der Waals surface area contributed by atoms with Crippen LogP contribution in [0.2, 0.25) is 0 Å². The Bertz CT molecular complexity index is 818. The van der Waals surface area contributed by atoms with Crippen LogP contribution >= 0.6 is 0 Å². The van der Waals surface area contributed by atoms with Crippen LogP contribution in [0.1, 0.15) is 27.2 Å². The minimum Gasteiger partial charge on any atom is -0.479 e. The van der Waals surface area contributed by atoms with Crippen molar-refractivity contribution in [3.8, 4) is 0 Å². The maximum atomic E-state index is 12.4. The first-order valence-electron chi connectivity index (χ1n) is 8.65. The number of aliphatic hydroxyl groups is 1. The standard InChI is InChI=1S/C20H22O7/c1-6-9(2)18(23)26-17-15-11(4)19(24)25-13(15)8-20(5)14(21)7-12(27-20)10(3)16(17)22/h6-7,13,15-17,22H,3-4,8H2,1-2,5H3/b9-6-/t13-,15+,16-,17-,20+/m0/s1. The van der Waals surface area contributed by atoms with E-state index in [2.05, 4.69) is 13.2 Å². The van der Waals surface area contributed by atoms with E-state index in [4.69, 9.17) is 14.2 Å². The molecule has 0 amide bonds. The van der Waals surface area contributed by atoms with Crippen molar-refractivity contribution in [2.45, 2.75) is 51.1 Å². The van der Waals surface area contributed by atoms with E-state index in [9.17, 15) is 19.5 Å². The van der Waals surface area contributed by atoms with Crippen LogP contribution in [-0.4, -0.2) is 46.7 Å². The van der Waals surface area contributed by atoms with Gasteiger partial charge in [0.25, 0.3) is 0 Å². The van der Waals surface area contributed by atoms with Crippen molar-refractivity contribution in [2.24, 2.45) is 5.92 Å². The molecule has 3 heterocycles. The lowest BCUT2D eigenvalue weighted by Crippen LogP contribution is -2.45. The average Bonchev–Trinajstić information content (AvgIpc) is 3.07. The topological polar surface area (TPSA) is 99.1 Å². The fourth-order valence-electron chi connectivity index (χ4n) is 3.52. The molecule has 0 aliphatic carbocycles. The van der Waals surface area contributed by atoms with Crippen LogP contribution in [0.5, 0.6) is 0 Å². The summed E-state index contributed by atoms with van der Waals surface area (Å²) in [6, 6.07) is 0. The van der Waals surface area contributed by atoms with Crippen LogP contribution in [0.4, 0.5) is 0 Å². The number of ketones is 1. The number of allylic oxidation sites excluding steroid dienone is 1. The lowest BCUT2D eigenvalue weighted by Gasteiger charge is -2.31. The summed E-state index contributed by atoms with van der Waals surface area (Å²) < 4.78 is 16.7. The van der Waals surface area contributed by atoms with Crippen molar-refractivity contribution in [3.05, 3.63) is 47.8 Å². The Hall–Kier alpha value is -2.67. The van der Waals surface area contributed by atoms with Gasteiger partial charge in [0.15, 0.2) is 5.60 Å². The Balaban J connectivity index is 2.07. The van der Waals surface area contributed by atoms with Crippen molar-refractivity contribution >= 4 is 17.7 Å². The van der Waals surface area contributed by atoms with E-state index in [0.29, 0.717) is 5.57 Å². The number of ether oxygens (including phenoxy) is 3. The molecule has 7 nitrogen and oxygen atoms in total. The molecule has 0 aromatic carbocycles. The van der Waals surface area contributed by atoms with Crippen molar-refractivity contribution in [2.75, 3.05) is 0 Å². The molecule has 0 unspecified atom stereocenters. The fourth-order valence-corrected chi connectivity index (χ4v) is 3.52.